The molecule has 0 aliphatic rings. The largest absolute Gasteiger partial charge is 0.444 e. The number of aromatic nitrogens is 2. The summed E-state index contributed by atoms with van der Waals surface area (Å²) >= 11 is 0.504. The second-order valence-corrected chi connectivity index (χ2v) is 12.1. The Kier molecular flexibility index (Phi) is 7.67. The van der Waals surface area contributed by atoms with Gasteiger partial charge in [0.1, 0.15) is 12.1 Å². The Morgan fingerprint density at radius 1 is 1.21 bits per heavy atom. The highest BCUT2D eigenvalue weighted by atomic mass is 32.2. The second kappa shape index (κ2) is 9.58. The van der Waals surface area contributed by atoms with Crippen LogP contribution >= 0.6 is 11.3 Å². The summed E-state index contributed by atoms with van der Waals surface area (Å²) in [4.78, 5) is 24.8. The van der Waals surface area contributed by atoms with Crippen molar-refractivity contribution >= 4 is 49.1 Å². The van der Waals surface area contributed by atoms with Gasteiger partial charge < -0.3 is 15.0 Å². The number of nitrogens with zero attached hydrogens (tertiary/aromatic N) is 4. The number of anilines is 1. The van der Waals surface area contributed by atoms with Crippen LogP contribution < -0.4 is 15.3 Å². The molecule has 0 atom stereocenters. The number of hydrogen-bond acceptors (Lipinski definition) is 9. The number of nitrogens with one attached hydrogen (secondary N) is 1. The lowest BCUT2D eigenvalue weighted by atomic mass is 10.2. The lowest BCUT2D eigenvalue weighted by Gasteiger charge is -2.24. The average molecular weight is 521 g/mol. The Hall–Kier alpha value is -2.82. The summed E-state index contributed by atoms with van der Waals surface area (Å²) in [6.45, 7) is 4.83. The topological polar surface area (TPSA) is 183 Å². The minimum Gasteiger partial charge on any atom is -0.444 e. The van der Waals surface area contributed by atoms with Gasteiger partial charge in [0.05, 0.1) is 4.90 Å². The monoisotopic (exact) mass is 520 g/mol. The molecule has 1 aromatic heterocycles. The van der Waals surface area contributed by atoms with E-state index in [1.165, 1.54) is 38.4 Å². The van der Waals surface area contributed by atoms with Gasteiger partial charge in [-0.15, -0.1) is 9.50 Å². The number of sulfonamides is 2. The number of hydrogen-bond donors (Lipinski definition) is 2. The Morgan fingerprint density at radius 2 is 1.79 bits per heavy atom. The zero-order valence-corrected chi connectivity index (χ0v) is 20.9. The summed E-state index contributed by atoms with van der Waals surface area (Å²) in [6, 6.07) is 5.12. The third-order valence-electron chi connectivity index (χ3n) is 3.65. The number of carbonyl (C=O) groups excluding carboxylic acids is 2. The summed E-state index contributed by atoms with van der Waals surface area (Å²) in [5, 5.41) is 11.2. The lowest BCUT2D eigenvalue weighted by molar-refractivity contribution is -0.117. The van der Waals surface area contributed by atoms with Crippen LogP contribution in [-0.2, 0) is 36.6 Å². The van der Waals surface area contributed by atoms with Gasteiger partial charge in [-0.1, -0.05) is 11.3 Å². The van der Waals surface area contributed by atoms with Crippen LogP contribution in [0.3, 0.4) is 0 Å². The van der Waals surface area contributed by atoms with E-state index in [4.69, 9.17) is 9.88 Å². The Labute approximate surface area is 195 Å². The van der Waals surface area contributed by atoms with Gasteiger partial charge >= 0.3 is 6.09 Å². The molecule has 0 bridgehead atoms. The van der Waals surface area contributed by atoms with E-state index < -0.39 is 42.0 Å². The molecule has 33 heavy (non-hydrogen) atoms. The number of rotatable bonds is 6. The van der Waals surface area contributed by atoms with Crippen molar-refractivity contribution in [3.05, 3.63) is 29.1 Å². The molecule has 2 rings (SSSR count). The molecule has 0 aliphatic heterocycles. The summed E-state index contributed by atoms with van der Waals surface area (Å²) in [7, 11) is -5.58. The van der Waals surface area contributed by atoms with Crippen LogP contribution in [0.2, 0.25) is 0 Å². The number of nitrogens with two attached hydrogens (primary N) is 1. The summed E-state index contributed by atoms with van der Waals surface area (Å²) < 4.78 is 57.1. The van der Waals surface area contributed by atoms with Crippen molar-refractivity contribution in [1.82, 2.24) is 14.7 Å². The third-order valence-corrected chi connectivity index (χ3v) is 7.36. The van der Waals surface area contributed by atoms with Crippen LogP contribution in [-0.4, -0.2) is 62.7 Å². The quantitative estimate of drug-likeness (QED) is 0.542. The molecule has 13 nitrogen and oxygen atoms in total. The molecule has 3 N–H and O–H groups in total. The number of amides is 2. The van der Waals surface area contributed by atoms with Gasteiger partial charge in [0, 0.05) is 19.8 Å². The van der Waals surface area contributed by atoms with Gasteiger partial charge in [0.2, 0.25) is 15.0 Å². The molecule has 0 saturated heterocycles. The van der Waals surface area contributed by atoms with Crippen molar-refractivity contribution in [2.24, 2.45) is 16.6 Å². The summed E-state index contributed by atoms with van der Waals surface area (Å²) in [5.74, 6) is -0.518. The minimum absolute atomic E-state index is 0.193. The Morgan fingerprint density at radius 3 is 2.27 bits per heavy atom. The SMILES string of the molecule is CN(CC(=O)Nc1ccc(S(=O)(=O)/N=c2/sc(S(N)(=O)=O)nn2C)cc1)C(=O)OC(C)(C)C. The van der Waals surface area contributed by atoms with Crippen LogP contribution in [0.4, 0.5) is 10.5 Å². The van der Waals surface area contributed by atoms with Gasteiger partial charge in [-0.25, -0.2) is 23.0 Å². The molecule has 2 aromatic rings. The number of carbonyl (C=O) groups is 2. The van der Waals surface area contributed by atoms with Crippen LogP contribution in [0, 0.1) is 0 Å². The van der Waals surface area contributed by atoms with Gasteiger partial charge in [-0.2, -0.15) is 8.42 Å². The molecule has 0 aliphatic carbocycles. The van der Waals surface area contributed by atoms with E-state index in [0.717, 1.165) is 9.58 Å². The fourth-order valence-corrected chi connectivity index (χ4v) is 4.98. The number of likely N-dealkylation sites (N-methyl/N-ethyl adjacent to an activating group) is 1. The van der Waals surface area contributed by atoms with Crippen LogP contribution in [0.1, 0.15) is 20.8 Å². The van der Waals surface area contributed by atoms with Crippen molar-refractivity contribution in [2.75, 3.05) is 18.9 Å². The van der Waals surface area contributed by atoms with E-state index in [9.17, 15) is 26.4 Å². The van der Waals surface area contributed by atoms with Crippen molar-refractivity contribution < 1.29 is 31.2 Å². The number of primary sulfonamides is 1. The number of aryl methyl sites for hydroxylation is 1. The highest BCUT2D eigenvalue weighted by Gasteiger charge is 2.21. The molecular formula is C17H24N6O7S3. The van der Waals surface area contributed by atoms with Gasteiger partial charge in [0.25, 0.3) is 20.0 Å². The van der Waals surface area contributed by atoms with E-state index in [1.54, 1.807) is 20.8 Å². The molecule has 0 saturated carbocycles. The lowest BCUT2D eigenvalue weighted by Crippen LogP contribution is -2.38. The van der Waals surface area contributed by atoms with E-state index in [0.29, 0.717) is 11.3 Å². The van der Waals surface area contributed by atoms with E-state index in [1.807, 2.05) is 0 Å². The molecule has 2 amide bonds. The molecule has 1 aromatic carbocycles. The van der Waals surface area contributed by atoms with Crippen molar-refractivity contribution in [2.45, 2.75) is 35.6 Å². The van der Waals surface area contributed by atoms with Crippen LogP contribution in [0.15, 0.2) is 37.9 Å². The Balaban J connectivity index is 2.13. The predicted octanol–water partition coefficient (Wildman–Crippen LogP) is 0.224. The Bertz CT molecular complexity index is 1320. The molecule has 0 spiro atoms. The van der Waals surface area contributed by atoms with Crippen LogP contribution in [0.25, 0.3) is 0 Å². The van der Waals surface area contributed by atoms with Gasteiger partial charge in [-0.3, -0.25) is 4.79 Å². The predicted molar refractivity (Wildman–Crippen MR) is 119 cm³/mol. The van der Waals surface area contributed by atoms with Crippen LogP contribution in [0.5, 0.6) is 0 Å². The van der Waals surface area contributed by atoms with E-state index in [-0.39, 0.29) is 21.9 Å². The average Bonchev–Trinajstić information content (AvgIpc) is 3.01. The molecule has 16 heteroatoms. The summed E-state index contributed by atoms with van der Waals surface area (Å²) in [6.07, 6.45) is -0.664. The molecule has 1 heterocycles. The highest BCUT2D eigenvalue weighted by Crippen LogP contribution is 2.17. The minimum atomic E-state index is -4.20. The smallest absolute Gasteiger partial charge is 0.410 e. The normalized spacial score (nSPS) is 13.0. The summed E-state index contributed by atoms with van der Waals surface area (Å²) in [5.41, 5.74) is -0.415. The first-order valence-electron chi connectivity index (χ1n) is 9.20. The van der Waals surface area contributed by atoms with Gasteiger partial charge in [-0.05, 0) is 45.0 Å². The van der Waals surface area contributed by atoms with Crippen molar-refractivity contribution in [1.29, 1.82) is 0 Å². The maximum Gasteiger partial charge on any atom is 0.410 e. The van der Waals surface area contributed by atoms with Crippen molar-refractivity contribution in [3.63, 3.8) is 0 Å². The highest BCUT2D eigenvalue weighted by molar-refractivity contribution is 7.91. The van der Waals surface area contributed by atoms with Gasteiger partial charge in [0.15, 0.2) is 0 Å². The van der Waals surface area contributed by atoms with Crippen molar-refractivity contribution in [3.8, 4) is 0 Å². The molecule has 0 unspecified atom stereocenters. The maximum atomic E-state index is 12.6. The fraction of sp³-hybridized carbons (Fsp3) is 0.412. The first-order valence-corrected chi connectivity index (χ1v) is 13.0. The zero-order valence-electron chi connectivity index (χ0n) is 18.5. The van der Waals surface area contributed by atoms with E-state index in [2.05, 4.69) is 14.8 Å². The molecule has 0 radical (unpaired) electrons. The first kappa shape index (κ1) is 26.4. The maximum absolute atomic E-state index is 12.6. The van der Waals surface area contributed by atoms with E-state index >= 15 is 0 Å². The second-order valence-electron chi connectivity index (χ2n) is 7.79. The molecule has 0 fully saturated rings. The molecular weight excluding hydrogens is 496 g/mol. The third kappa shape index (κ3) is 7.62. The first-order chi connectivity index (χ1) is 15.0. The molecule has 182 valence electrons. The fourth-order valence-electron chi connectivity index (χ4n) is 2.21. The standard InChI is InChI=1S/C17H24N6O7S3/c1-17(2,3)30-16(25)22(4)10-13(24)19-11-6-8-12(9-7-11)33(28,29)21-14-23(5)20-15(31-14)32(18,26)27/h6-9H,10H2,1-5H3,(H,19,24)(H2,18,26,27)/b21-14+. The number of benzene rings is 1. The zero-order chi connectivity index (χ0) is 25.2. The number of ether oxygens (including phenoxy) is 1.